The lowest BCUT2D eigenvalue weighted by molar-refractivity contribution is -0.121. The number of hydrogen-bond donors (Lipinski definition) is 1. The number of carbonyl (C=O) groups is 1. The third kappa shape index (κ3) is 5.88. The van der Waals surface area contributed by atoms with Crippen LogP contribution < -0.4 is 19.5 Å². The normalized spacial score (nSPS) is 16.3. The van der Waals surface area contributed by atoms with Crippen LogP contribution in [0, 0.1) is 5.92 Å². The molecule has 0 atom stereocenters. The van der Waals surface area contributed by atoms with Gasteiger partial charge in [-0.2, -0.15) is 0 Å². The molecule has 7 nitrogen and oxygen atoms in total. The van der Waals surface area contributed by atoms with Gasteiger partial charge in [-0.25, -0.2) is 4.98 Å². The molecule has 194 valence electrons. The fraction of sp³-hybridized carbons (Fsp3) is 0.400. The zero-order chi connectivity index (χ0) is 25.6. The Bertz CT molecular complexity index is 1280. The molecule has 2 aliphatic heterocycles. The summed E-state index contributed by atoms with van der Waals surface area (Å²) in [5.41, 5.74) is 3.76. The van der Waals surface area contributed by atoms with E-state index in [0.717, 1.165) is 79.0 Å². The molecule has 0 radical (unpaired) electrons. The smallest absolute Gasteiger partial charge is 0.227 e. The molecule has 1 fully saturated rings. The lowest BCUT2D eigenvalue weighted by atomic mass is 9.95. The molecule has 1 amide bonds. The molecule has 0 bridgehead atoms. The van der Waals surface area contributed by atoms with Gasteiger partial charge in [0.25, 0.3) is 0 Å². The lowest BCUT2D eigenvalue weighted by Crippen LogP contribution is -2.39. The number of nitrogens with one attached hydrogen (secondary N) is 1. The minimum absolute atomic E-state index is 0.00846. The van der Waals surface area contributed by atoms with Crippen molar-refractivity contribution >= 4 is 28.6 Å². The molecule has 3 heterocycles. The Morgan fingerprint density at radius 2 is 1.95 bits per heavy atom. The van der Waals surface area contributed by atoms with Gasteiger partial charge in [0, 0.05) is 23.9 Å². The monoisotopic (exact) mass is 501 g/mol. The summed E-state index contributed by atoms with van der Waals surface area (Å²) in [6.07, 6.45) is 7.78. The number of likely N-dealkylation sites (tertiary alicyclic amines) is 1. The second kappa shape index (κ2) is 11.6. The van der Waals surface area contributed by atoms with Crippen LogP contribution in [0.3, 0.4) is 0 Å². The number of benzene rings is 2. The second-order valence-corrected chi connectivity index (χ2v) is 9.60. The van der Waals surface area contributed by atoms with Crippen LogP contribution in [0.1, 0.15) is 37.3 Å². The van der Waals surface area contributed by atoms with Crippen molar-refractivity contribution in [1.82, 2.24) is 9.88 Å². The number of anilines is 1. The van der Waals surface area contributed by atoms with Crippen LogP contribution in [0.2, 0.25) is 0 Å². The van der Waals surface area contributed by atoms with Gasteiger partial charge < -0.3 is 24.4 Å². The van der Waals surface area contributed by atoms with Gasteiger partial charge in [0.2, 0.25) is 11.8 Å². The Morgan fingerprint density at radius 1 is 1.14 bits per heavy atom. The minimum atomic E-state index is -0.00846. The van der Waals surface area contributed by atoms with Gasteiger partial charge >= 0.3 is 0 Å². The van der Waals surface area contributed by atoms with E-state index in [1.54, 1.807) is 7.11 Å². The number of rotatable bonds is 8. The van der Waals surface area contributed by atoms with Gasteiger partial charge in [0.05, 0.1) is 18.3 Å². The summed E-state index contributed by atoms with van der Waals surface area (Å²) < 4.78 is 16.8. The van der Waals surface area contributed by atoms with Gasteiger partial charge in [-0.1, -0.05) is 37.3 Å². The van der Waals surface area contributed by atoms with E-state index in [4.69, 9.17) is 14.2 Å². The van der Waals surface area contributed by atoms with E-state index in [2.05, 4.69) is 46.4 Å². The van der Waals surface area contributed by atoms with Crippen molar-refractivity contribution in [2.24, 2.45) is 5.92 Å². The maximum Gasteiger partial charge on any atom is 0.227 e. The molecular weight excluding hydrogens is 466 g/mol. The number of pyridine rings is 1. The van der Waals surface area contributed by atoms with Crippen molar-refractivity contribution in [3.05, 3.63) is 59.7 Å². The molecule has 2 aliphatic rings. The Hall–Kier alpha value is -3.58. The SMILES string of the molecule is CC/C=C/c1cc(OC)nc2c(NC(=O)C3CCN(CCc4ccc5c(c4)OCCO5)CC3)cccc12. The van der Waals surface area contributed by atoms with E-state index >= 15 is 0 Å². The van der Waals surface area contributed by atoms with Crippen molar-refractivity contribution in [3.63, 3.8) is 0 Å². The third-order valence-corrected chi connectivity index (χ3v) is 7.13. The Labute approximate surface area is 218 Å². The van der Waals surface area contributed by atoms with E-state index in [0.29, 0.717) is 19.1 Å². The highest BCUT2D eigenvalue weighted by molar-refractivity contribution is 6.03. The average Bonchev–Trinajstić information content (AvgIpc) is 2.95. The van der Waals surface area contributed by atoms with Crippen LogP contribution in [0.25, 0.3) is 17.0 Å². The van der Waals surface area contributed by atoms with Crippen molar-refractivity contribution in [3.8, 4) is 17.4 Å². The van der Waals surface area contributed by atoms with Crippen molar-refractivity contribution < 1.29 is 19.0 Å². The molecule has 37 heavy (non-hydrogen) atoms. The first kappa shape index (κ1) is 25.1. The predicted molar refractivity (Wildman–Crippen MR) is 147 cm³/mol. The summed E-state index contributed by atoms with van der Waals surface area (Å²) in [4.78, 5) is 20.3. The van der Waals surface area contributed by atoms with Crippen LogP contribution >= 0.6 is 0 Å². The summed E-state index contributed by atoms with van der Waals surface area (Å²) in [7, 11) is 1.62. The van der Waals surface area contributed by atoms with Gasteiger partial charge in [0.1, 0.15) is 13.2 Å². The van der Waals surface area contributed by atoms with E-state index in [-0.39, 0.29) is 11.8 Å². The number of aromatic nitrogens is 1. The number of methoxy groups -OCH3 is 1. The topological polar surface area (TPSA) is 72.9 Å². The Balaban J connectivity index is 1.19. The molecule has 0 aliphatic carbocycles. The quantitative estimate of drug-likeness (QED) is 0.450. The number of hydrogen-bond acceptors (Lipinski definition) is 6. The zero-order valence-corrected chi connectivity index (χ0v) is 21.7. The number of para-hydroxylation sites is 1. The van der Waals surface area contributed by atoms with Crippen LogP contribution in [0.4, 0.5) is 5.69 Å². The van der Waals surface area contributed by atoms with Crippen molar-refractivity contribution in [1.29, 1.82) is 0 Å². The maximum atomic E-state index is 13.2. The molecule has 1 aromatic heterocycles. The number of nitrogens with zero attached hydrogens (tertiary/aromatic N) is 2. The first-order valence-corrected chi connectivity index (χ1v) is 13.2. The number of ether oxygens (including phenoxy) is 3. The molecule has 0 spiro atoms. The largest absolute Gasteiger partial charge is 0.486 e. The summed E-state index contributed by atoms with van der Waals surface area (Å²) in [5, 5.41) is 4.16. The van der Waals surface area contributed by atoms with Gasteiger partial charge in [-0.05, 0) is 68.1 Å². The fourth-order valence-corrected chi connectivity index (χ4v) is 5.02. The molecule has 0 saturated carbocycles. The first-order valence-electron chi connectivity index (χ1n) is 13.2. The van der Waals surface area contributed by atoms with E-state index in [9.17, 15) is 4.79 Å². The fourth-order valence-electron chi connectivity index (χ4n) is 5.02. The Kier molecular flexibility index (Phi) is 7.90. The zero-order valence-electron chi connectivity index (χ0n) is 21.7. The molecule has 1 N–H and O–H groups in total. The van der Waals surface area contributed by atoms with E-state index in [1.165, 1.54) is 5.56 Å². The van der Waals surface area contributed by atoms with Crippen LogP contribution in [0.15, 0.2) is 48.5 Å². The van der Waals surface area contributed by atoms with Crippen LogP contribution in [0.5, 0.6) is 17.4 Å². The van der Waals surface area contributed by atoms with Crippen molar-refractivity contribution in [2.45, 2.75) is 32.6 Å². The highest BCUT2D eigenvalue weighted by Crippen LogP contribution is 2.32. The molecule has 5 rings (SSSR count). The van der Waals surface area contributed by atoms with Gasteiger partial charge in [-0.3, -0.25) is 4.79 Å². The van der Waals surface area contributed by atoms with Crippen LogP contribution in [-0.2, 0) is 11.2 Å². The number of amides is 1. The average molecular weight is 502 g/mol. The predicted octanol–water partition coefficient (Wildman–Crippen LogP) is 5.33. The molecule has 3 aromatic rings. The second-order valence-electron chi connectivity index (χ2n) is 9.60. The highest BCUT2D eigenvalue weighted by Gasteiger charge is 2.25. The van der Waals surface area contributed by atoms with Crippen LogP contribution in [-0.4, -0.2) is 55.7 Å². The minimum Gasteiger partial charge on any atom is -0.486 e. The van der Waals surface area contributed by atoms with Gasteiger partial charge in [-0.15, -0.1) is 0 Å². The number of carbonyl (C=O) groups excluding carboxylic acids is 1. The van der Waals surface area contributed by atoms with Crippen molar-refractivity contribution in [2.75, 3.05) is 45.3 Å². The summed E-state index contributed by atoms with van der Waals surface area (Å²) in [5.74, 6) is 2.26. The summed E-state index contributed by atoms with van der Waals surface area (Å²) in [6.45, 7) is 6.11. The molecule has 2 aromatic carbocycles. The van der Waals surface area contributed by atoms with Gasteiger partial charge in [0.15, 0.2) is 11.5 Å². The molecular formula is C30H35N3O4. The maximum absolute atomic E-state index is 13.2. The standard InChI is InChI=1S/C30H35N3O4/c1-3-4-6-23-20-28(35-2)32-29-24(23)7-5-8-25(29)31-30(34)22-12-15-33(16-13-22)14-11-21-9-10-26-27(19-21)37-18-17-36-26/h4-10,19-20,22H,3,11-18H2,1-2H3,(H,31,34)/b6-4+. The summed E-state index contributed by atoms with van der Waals surface area (Å²) >= 11 is 0. The summed E-state index contributed by atoms with van der Waals surface area (Å²) in [6, 6.07) is 14.1. The molecule has 7 heteroatoms. The number of piperidine rings is 1. The first-order chi connectivity index (χ1) is 18.1. The Morgan fingerprint density at radius 3 is 2.73 bits per heavy atom. The third-order valence-electron chi connectivity index (χ3n) is 7.13. The number of fused-ring (bicyclic) bond motifs is 2. The molecule has 1 saturated heterocycles. The van der Waals surface area contributed by atoms with E-state index in [1.807, 2.05) is 30.3 Å². The lowest BCUT2D eigenvalue weighted by Gasteiger charge is -2.31. The molecule has 0 unspecified atom stereocenters. The van der Waals surface area contributed by atoms with E-state index < -0.39 is 0 Å². The highest BCUT2D eigenvalue weighted by atomic mass is 16.6. The number of allylic oxidation sites excluding steroid dienone is 1.